The molecule has 2 aliphatic rings. The average molecular weight is 544 g/mol. The number of anilines is 2. The van der Waals surface area contributed by atoms with Crippen molar-refractivity contribution in [3.63, 3.8) is 0 Å². The maximum atomic E-state index is 13.1. The first-order valence-corrected chi connectivity index (χ1v) is 14.4. The number of hydrogen-bond donors (Lipinski definition) is 2. The number of aryl methyl sites for hydroxylation is 1. The number of nitrogens with one attached hydrogen (secondary N) is 2. The molecule has 2 aliphatic heterocycles. The summed E-state index contributed by atoms with van der Waals surface area (Å²) in [6.07, 6.45) is 4.47. The number of amides is 3. The van der Waals surface area contributed by atoms with Crippen molar-refractivity contribution < 1.29 is 14.3 Å². The lowest BCUT2D eigenvalue weighted by atomic mass is 9.90. The van der Waals surface area contributed by atoms with E-state index in [2.05, 4.69) is 37.5 Å². The fourth-order valence-corrected chi connectivity index (χ4v) is 5.44. The molecule has 2 fully saturated rings. The van der Waals surface area contributed by atoms with Crippen molar-refractivity contribution in [1.29, 1.82) is 0 Å². The van der Waals surface area contributed by atoms with Crippen LogP contribution in [0.4, 0.5) is 16.3 Å². The van der Waals surface area contributed by atoms with Crippen LogP contribution in [0.15, 0.2) is 54.6 Å². The maximum Gasteiger partial charge on any atom is 0.324 e. The minimum Gasteiger partial charge on any atom is -0.368 e. The van der Waals surface area contributed by atoms with Crippen LogP contribution in [-0.4, -0.2) is 52.4 Å². The third kappa shape index (κ3) is 6.73. The fourth-order valence-electron chi connectivity index (χ4n) is 5.44. The number of urea groups is 1. The Bertz CT molecular complexity index is 1330. The minimum absolute atomic E-state index is 0.159. The molecular formula is C32H41N5O3. The second kappa shape index (κ2) is 11.8. The van der Waals surface area contributed by atoms with E-state index in [9.17, 15) is 9.59 Å². The molecule has 0 radical (unpaired) electrons. The maximum absolute atomic E-state index is 13.1. The quantitative estimate of drug-likeness (QED) is 0.394. The number of aromatic nitrogens is 2. The topological polar surface area (TPSA) is 88.5 Å². The van der Waals surface area contributed by atoms with Gasteiger partial charge in [0, 0.05) is 36.9 Å². The normalized spacial score (nSPS) is 18.1. The van der Waals surface area contributed by atoms with Gasteiger partial charge in [-0.05, 0) is 74.8 Å². The Balaban J connectivity index is 1.20. The van der Waals surface area contributed by atoms with Gasteiger partial charge in [0.25, 0.3) is 5.91 Å². The molecule has 3 aromatic rings. The molecule has 2 saturated heterocycles. The first-order chi connectivity index (χ1) is 19.2. The number of carbonyl (C=O) groups is 2. The second-order valence-electron chi connectivity index (χ2n) is 12.2. The van der Waals surface area contributed by atoms with Crippen LogP contribution < -0.4 is 10.6 Å². The van der Waals surface area contributed by atoms with Crippen LogP contribution in [0.25, 0.3) is 5.69 Å². The first-order valence-electron chi connectivity index (χ1n) is 14.4. The van der Waals surface area contributed by atoms with Crippen LogP contribution in [0, 0.1) is 12.8 Å². The molecule has 3 amide bonds. The van der Waals surface area contributed by atoms with Crippen molar-refractivity contribution in [3.8, 4) is 5.69 Å². The van der Waals surface area contributed by atoms with Crippen molar-refractivity contribution in [3.05, 3.63) is 71.4 Å². The van der Waals surface area contributed by atoms with Gasteiger partial charge in [0.15, 0.2) is 0 Å². The number of carbonyl (C=O) groups excluding carboxylic acids is 2. The molecule has 40 heavy (non-hydrogen) atoms. The number of benzene rings is 2. The highest BCUT2D eigenvalue weighted by atomic mass is 16.5. The standard InChI is InChI=1S/C32H41N5O3/c1-22-10-12-26(13-11-22)37-29(21-28(35-37)32(2,3)4)34-31(39)33-25-8-5-7-24(20-25)19-23-14-16-36(17-15-23)30(38)27-9-6-18-40-27/h5,7-8,10-13,20-21,23,27H,6,9,14-19H2,1-4H3,(H2,33,34,39)/t27-/m1/s1. The highest BCUT2D eigenvalue weighted by molar-refractivity contribution is 5.99. The molecule has 8 heteroatoms. The zero-order valence-electron chi connectivity index (χ0n) is 24.1. The molecule has 2 aromatic carbocycles. The summed E-state index contributed by atoms with van der Waals surface area (Å²) in [6.45, 7) is 10.6. The Kier molecular flexibility index (Phi) is 8.26. The van der Waals surface area contributed by atoms with Crippen molar-refractivity contribution in [2.75, 3.05) is 30.3 Å². The van der Waals surface area contributed by atoms with Crippen LogP contribution in [0.5, 0.6) is 0 Å². The van der Waals surface area contributed by atoms with E-state index in [0.717, 1.165) is 67.8 Å². The third-order valence-electron chi connectivity index (χ3n) is 7.84. The molecule has 0 aliphatic carbocycles. The van der Waals surface area contributed by atoms with Gasteiger partial charge >= 0.3 is 6.03 Å². The van der Waals surface area contributed by atoms with Gasteiger partial charge in [0.1, 0.15) is 11.9 Å². The van der Waals surface area contributed by atoms with Crippen molar-refractivity contribution in [1.82, 2.24) is 14.7 Å². The van der Waals surface area contributed by atoms with Crippen LogP contribution in [0.1, 0.15) is 63.3 Å². The van der Waals surface area contributed by atoms with Crippen LogP contribution in [0.2, 0.25) is 0 Å². The van der Waals surface area contributed by atoms with Gasteiger partial charge in [0.05, 0.1) is 11.4 Å². The predicted molar refractivity (Wildman–Crippen MR) is 158 cm³/mol. The summed E-state index contributed by atoms with van der Waals surface area (Å²) >= 11 is 0. The summed E-state index contributed by atoms with van der Waals surface area (Å²) in [5.74, 6) is 1.29. The molecule has 0 saturated carbocycles. The number of hydrogen-bond acceptors (Lipinski definition) is 4. The van der Waals surface area contributed by atoms with Crippen LogP contribution >= 0.6 is 0 Å². The summed E-state index contributed by atoms with van der Waals surface area (Å²) in [6, 6.07) is 17.7. The van der Waals surface area contributed by atoms with Gasteiger partial charge in [-0.3, -0.25) is 10.1 Å². The molecule has 0 unspecified atom stereocenters. The van der Waals surface area contributed by atoms with Gasteiger partial charge in [-0.2, -0.15) is 5.10 Å². The first kappa shape index (κ1) is 27.9. The Morgan fingerprint density at radius 2 is 1.75 bits per heavy atom. The van der Waals surface area contributed by atoms with E-state index in [0.29, 0.717) is 18.3 Å². The molecule has 212 valence electrons. The summed E-state index contributed by atoms with van der Waals surface area (Å²) in [7, 11) is 0. The van der Waals surface area contributed by atoms with Gasteiger partial charge in [-0.1, -0.05) is 50.6 Å². The Hall–Kier alpha value is -3.65. The summed E-state index contributed by atoms with van der Waals surface area (Å²) in [4.78, 5) is 27.7. The molecule has 1 atom stereocenters. The zero-order chi connectivity index (χ0) is 28.3. The highest BCUT2D eigenvalue weighted by Gasteiger charge is 2.31. The summed E-state index contributed by atoms with van der Waals surface area (Å²) < 4.78 is 7.37. The van der Waals surface area contributed by atoms with Gasteiger partial charge in [-0.25, -0.2) is 9.48 Å². The lowest BCUT2D eigenvalue weighted by Crippen LogP contribution is -2.44. The van der Waals surface area contributed by atoms with Gasteiger partial charge in [0.2, 0.25) is 0 Å². The summed E-state index contributed by atoms with van der Waals surface area (Å²) in [5.41, 5.74) is 4.72. The van der Waals surface area contributed by atoms with Crippen LogP contribution in [-0.2, 0) is 21.4 Å². The number of piperidine rings is 1. The fraction of sp³-hybridized carbons (Fsp3) is 0.469. The van der Waals surface area contributed by atoms with Crippen molar-refractivity contribution >= 4 is 23.4 Å². The largest absolute Gasteiger partial charge is 0.368 e. The Labute approximate surface area is 237 Å². The van der Waals surface area contributed by atoms with Gasteiger partial charge in [-0.15, -0.1) is 0 Å². The zero-order valence-corrected chi connectivity index (χ0v) is 24.1. The SMILES string of the molecule is Cc1ccc(-n2nc(C(C)(C)C)cc2NC(=O)Nc2cccc(CC3CCN(C(=O)[C@H]4CCCO4)CC3)c2)cc1. The van der Waals surface area contributed by atoms with E-state index in [4.69, 9.17) is 9.84 Å². The number of rotatable bonds is 6. The van der Waals surface area contributed by atoms with Crippen molar-refractivity contribution in [2.24, 2.45) is 5.92 Å². The lowest BCUT2D eigenvalue weighted by molar-refractivity contribution is -0.142. The average Bonchev–Trinajstić information content (AvgIpc) is 3.60. The third-order valence-corrected chi connectivity index (χ3v) is 7.84. The molecular weight excluding hydrogens is 502 g/mol. The molecule has 5 rings (SSSR count). The monoisotopic (exact) mass is 543 g/mol. The number of likely N-dealkylation sites (tertiary alicyclic amines) is 1. The van der Waals surface area contributed by atoms with E-state index in [1.165, 1.54) is 5.56 Å². The Morgan fingerprint density at radius 1 is 1.00 bits per heavy atom. The van der Waals surface area contributed by atoms with E-state index < -0.39 is 0 Å². The summed E-state index contributed by atoms with van der Waals surface area (Å²) in [5, 5.41) is 10.8. The number of ether oxygens (including phenoxy) is 1. The Morgan fingerprint density at radius 3 is 2.42 bits per heavy atom. The van der Waals surface area contributed by atoms with E-state index in [1.54, 1.807) is 4.68 Å². The molecule has 8 nitrogen and oxygen atoms in total. The van der Waals surface area contributed by atoms with Gasteiger partial charge < -0.3 is 15.0 Å². The molecule has 2 N–H and O–H groups in total. The smallest absolute Gasteiger partial charge is 0.324 e. The van der Waals surface area contributed by atoms with E-state index in [1.807, 2.05) is 60.4 Å². The predicted octanol–water partition coefficient (Wildman–Crippen LogP) is 6.08. The minimum atomic E-state index is -0.313. The van der Waals surface area contributed by atoms with Crippen LogP contribution in [0.3, 0.4) is 0 Å². The van der Waals surface area contributed by atoms with Crippen molar-refractivity contribution in [2.45, 2.75) is 71.3 Å². The highest BCUT2D eigenvalue weighted by Crippen LogP contribution is 2.28. The lowest BCUT2D eigenvalue weighted by Gasteiger charge is -2.33. The molecule has 0 bridgehead atoms. The molecule has 3 heterocycles. The molecule has 0 spiro atoms. The molecule has 1 aromatic heterocycles. The second-order valence-corrected chi connectivity index (χ2v) is 12.2. The van der Waals surface area contributed by atoms with E-state index >= 15 is 0 Å². The van der Waals surface area contributed by atoms with E-state index in [-0.39, 0.29) is 23.5 Å². The number of nitrogens with zero attached hydrogens (tertiary/aromatic N) is 3.